The minimum atomic E-state index is -4.72. The maximum Gasteiger partial charge on any atom is 0.573 e. The minimum absolute atomic E-state index is 0.238. The van der Waals surface area contributed by atoms with Gasteiger partial charge in [-0.25, -0.2) is 4.68 Å². The summed E-state index contributed by atoms with van der Waals surface area (Å²) in [5, 5.41) is 4.39. The number of carbonyl (C=O) groups excluding carboxylic acids is 1. The summed E-state index contributed by atoms with van der Waals surface area (Å²) >= 11 is 0. The number of halogens is 3. The van der Waals surface area contributed by atoms with Gasteiger partial charge in [0, 0.05) is 12.1 Å². The van der Waals surface area contributed by atoms with Gasteiger partial charge in [-0.2, -0.15) is 5.10 Å². The zero-order valence-corrected chi connectivity index (χ0v) is 13.5. The fraction of sp³-hybridized carbons (Fsp3) is 0.375. The van der Waals surface area contributed by atoms with Crippen LogP contribution in [0.4, 0.5) is 13.2 Å². The molecule has 0 amide bonds. The molecule has 0 N–H and O–H groups in total. The molecule has 0 saturated heterocycles. The number of aromatic nitrogens is 2. The molecule has 0 spiro atoms. The second kappa shape index (κ2) is 6.94. The molecule has 2 aromatic rings. The normalized spacial score (nSPS) is 11.4. The molecule has 0 fully saturated rings. The van der Waals surface area contributed by atoms with E-state index in [1.807, 2.05) is 13.8 Å². The average Bonchev–Trinajstić information content (AvgIpc) is 2.79. The third kappa shape index (κ3) is 4.27. The van der Waals surface area contributed by atoms with Crippen LogP contribution in [0.2, 0.25) is 0 Å². The van der Waals surface area contributed by atoms with Crippen molar-refractivity contribution in [1.82, 2.24) is 9.78 Å². The number of carbonyl (C=O) groups is 1. The fourth-order valence-electron chi connectivity index (χ4n) is 2.41. The number of rotatable bonds is 5. The second-order valence-corrected chi connectivity index (χ2v) is 5.18. The summed E-state index contributed by atoms with van der Waals surface area (Å²) in [4.78, 5) is 11.3. The molecule has 2 rings (SSSR count). The molecule has 8 heteroatoms. The van der Waals surface area contributed by atoms with Crippen LogP contribution in [0.25, 0.3) is 5.69 Å². The Balaban J connectivity index is 2.22. The van der Waals surface area contributed by atoms with Crippen LogP contribution in [-0.4, -0.2) is 29.2 Å². The number of benzene rings is 1. The summed E-state index contributed by atoms with van der Waals surface area (Å²) in [7, 11) is 1.33. The lowest BCUT2D eigenvalue weighted by molar-refractivity contribution is -0.274. The molecule has 24 heavy (non-hydrogen) atoms. The van der Waals surface area contributed by atoms with Crippen molar-refractivity contribution in [3.05, 3.63) is 41.2 Å². The quantitative estimate of drug-likeness (QED) is 0.781. The van der Waals surface area contributed by atoms with E-state index in [2.05, 4.69) is 14.6 Å². The summed E-state index contributed by atoms with van der Waals surface area (Å²) in [6, 6.07) is 5.44. The van der Waals surface area contributed by atoms with Crippen molar-refractivity contribution in [2.24, 2.45) is 0 Å². The standard InChI is InChI=1S/C16H17F3N2O3/c1-10-14(8-9-15(22)23-3)11(2)21(20-10)12-4-6-13(7-5-12)24-16(17,18)19/h4-7H,8-9H2,1-3H3. The first-order valence-electron chi connectivity index (χ1n) is 7.19. The van der Waals surface area contributed by atoms with Crippen molar-refractivity contribution < 1.29 is 27.4 Å². The van der Waals surface area contributed by atoms with E-state index in [1.54, 1.807) is 4.68 Å². The third-order valence-corrected chi connectivity index (χ3v) is 3.56. The van der Waals surface area contributed by atoms with Gasteiger partial charge >= 0.3 is 12.3 Å². The molecule has 5 nitrogen and oxygen atoms in total. The van der Waals surface area contributed by atoms with E-state index < -0.39 is 6.36 Å². The van der Waals surface area contributed by atoms with Gasteiger partial charge in [0.2, 0.25) is 0 Å². The Morgan fingerprint density at radius 1 is 1.21 bits per heavy atom. The van der Waals surface area contributed by atoms with Gasteiger partial charge < -0.3 is 9.47 Å². The van der Waals surface area contributed by atoms with E-state index in [4.69, 9.17) is 0 Å². The molecular weight excluding hydrogens is 325 g/mol. The van der Waals surface area contributed by atoms with Crippen LogP contribution in [0.3, 0.4) is 0 Å². The predicted molar refractivity (Wildman–Crippen MR) is 80.1 cm³/mol. The number of methoxy groups -OCH3 is 1. The van der Waals surface area contributed by atoms with Crippen LogP contribution in [0.15, 0.2) is 24.3 Å². The van der Waals surface area contributed by atoms with Gasteiger partial charge in [-0.1, -0.05) is 0 Å². The zero-order valence-electron chi connectivity index (χ0n) is 13.5. The van der Waals surface area contributed by atoms with Crippen molar-refractivity contribution in [1.29, 1.82) is 0 Å². The van der Waals surface area contributed by atoms with Crippen molar-refractivity contribution in [2.45, 2.75) is 33.1 Å². The van der Waals surface area contributed by atoms with E-state index in [1.165, 1.54) is 31.4 Å². The molecule has 0 aliphatic carbocycles. The van der Waals surface area contributed by atoms with Crippen LogP contribution >= 0.6 is 0 Å². The largest absolute Gasteiger partial charge is 0.573 e. The number of nitrogens with zero attached hydrogens (tertiary/aromatic N) is 2. The number of esters is 1. The van der Waals surface area contributed by atoms with E-state index in [9.17, 15) is 18.0 Å². The van der Waals surface area contributed by atoms with E-state index in [0.29, 0.717) is 12.1 Å². The SMILES string of the molecule is COC(=O)CCc1c(C)nn(-c2ccc(OC(F)(F)F)cc2)c1C. The Bertz CT molecular complexity index is 721. The first-order valence-corrected chi connectivity index (χ1v) is 7.19. The van der Waals surface area contributed by atoms with Gasteiger partial charge in [0.15, 0.2) is 0 Å². The monoisotopic (exact) mass is 342 g/mol. The van der Waals surface area contributed by atoms with Crippen LogP contribution in [0, 0.1) is 13.8 Å². The summed E-state index contributed by atoms with van der Waals surface area (Å²) in [6.45, 7) is 3.66. The first kappa shape index (κ1) is 17.8. The van der Waals surface area contributed by atoms with Crippen molar-refractivity contribution >= 4 is 5.97 Å². The van der Waals surface area contributed by atoms with E-state index in [-0.39, 0.29) is 18.1 Å². The van der Waals surface area contributed by atoms with Crippen LogP contribution in [-0.2, 0) is 16.0 Å². The maximum atomic E-state index is 12.2. The first-order chi connectivity index (χ1) is 11.2. The van der Waals surface area contributed by atoms with E-state index >= 15 is 0 Å². The highest BCUT2D eigenvalue weighted by Gasteiger charge is 2.31. The lowest BCUT2D eigenvalue weighted by atomic mass is 10.1. The van der Waals surface area contributed by atoms with Gasteiger partial charge in [-0.15, -0.1) is 13.2 Å². The molecular formula is C16H17F3N2O3. The predicted octanol–water partition coefficient (Wildman–Crippen LogP) is 3.49. The Hall–Kier alpha value is -2.51. The van der Waals surface area contributed by atoms with Gasteiger partial charge in [0.25, 0.3) is 0 Å². The summed E-state index contributed by atoms with van der Waals surface area (Å²) < 4.78 is 46.7. The molecule has 0 unspecified atom stereocenters. The lowest BCUT2D eigenvalue weighted by Crippen LogP contribution is -2.17. The lowest BCUT2D eigenvalue weighted by Gasteiger charge is -2.10. The highest BCUT2D eigenvalue weighted by molar-refractivity contribution is 5.69. The van der Waals surface area contributed by atoms with Crippen molar-refractivity contribution in [3.8, 4) is 11.4 Å². The molecule has 130 valence electrons. The Morgan fingerprint density at radius 3 is 2.38 bits per heavy atom. The van der Waals surface area contributed by atoms with Gasteiger partial charge in [0.1, 0.15) is 5.75 Å². The summed E-state index contributed by atoms with van der Waals surface area (Å²) in [6.07, 6.45) is -4.00. The van der Waals surface area contributed by atoms with Gasteiger partial charge in [-0.05, 0) is 50.1 Å². The number of hydrogen-bond donors (Lipinski definition) is 0. The summed E-state index contributed by atoms with van der Waals surface area (Å²) in [5.41, 5.74) is 3.10. The summed E-state index contributed by atoms with van der Waals surface area (Å²) in [5.74, 6) is -0.603. The molecule has 0 aliphatic heterocycles. The number of ether oxygens (including phenoxy) is 2. The average molecular weight is 342 g/mol. The number of aryl methyl sites for hydroxylation is 1. The highest BCUT2D eigenvalue weighted by atomic mass is 19.4. The number of alkyl halides is 3. The fourth-order valence-corrected chi connectivity index (χ4v) is 2.41. The topological polar surface area (TPSA) is 53.3 Å². The zero-order chi connectivity index (χ0) is 17.9. The molecule has 0 radical (unpaired) electrons. The van der Waals surface area contributed by atoms with Crippen LogP contribution < -0.4 is 4.74 Å². The number of hydrogen-bond acceptors (Lipinski definition) is 4. The van der Waals surface area contributed by atoms with E-state index in [0.717, 1.165) is 17.0 Å². The molecule has 1 heterocycles. The third-order valence-electron chi connectivity index (χ3n) is 3.56. The van der Waals surface area contributed by atoms with Gasteiger partial charge in [-0.3, -0.25) is 4.79 Å². The van der Waals surface area contributed by atoms with Crippen LogP contribution in [0.1, 0.15) is 23.4 Å². The Kier molecular flexibility index (Phi) is 5.16. The molecule has 0 aliphatic rings. The van der Waals surface area contributed by atoms with Gasteiger partial charge in [0.05, 0.1) is 18.5 Å². The molecule has 1 aromatic carbocycles. The molecule has 1 aromatic heterocycles. The molecule has 0 saturated carbocycles. The minimum Gasteiger partial charge on any atom is -0.469 e. The highest BCUT2D eigenvalue weighted by Crippen LogP contribution is 2.25. The molecule has 0 bridgehead atoms. The maximum absolute atomic E-state index is 12.2. The van der Waals surface area contributed by atoms with Crippen molar-refractivity contribution in [3.63, 3.8) is 0 Å². The van der Waals surface area contributed by atoms with Crippen LogP contribution in [0.5, 0.6) is 5.75 Å². The Labute approximate surface area is 137 Å². The van der Waals surface area contributed by atoms with Crippen molar-refractivity contribution in [2.75, 3.05) is 7.11 Å². The Morgan fingerprint density at radius 2 is 1.83 bits per heavy atom. The molecule has 0 atom stereocenters. The second-order valence-electron chi connectivity index (χ2n) is 5.18. The smallest absolute Gasteiger partial charge is 0.469 e.